The molecule has 4 atom stereocenters. The predicted octanol–water partition coefficient (Wildman–Crippen LogP) is 3.42. The fourth-order valence-corrected chi connectivity index (χ4v) is 6.44. The highest BCUT2D eigenvalue weighted by atomic mass is 16.5. The molecule has 4 aliphatic rings. The van der Waals surface area contributed by atoms with Crippen molar-refractivity contribution < 1.29 is 19.1 Å². The van der Waals surface area contributed by atoms with Gasteiger partial charge in [-0.25, -0.2) is 4.79 Å². The van der Waals surface area contributed by atoms with Crippen LogP contribution in [0.3, 0.4) is 0 Å². The highest BCUT2D eigenvalue weighted by Gasteiger charge is 2.37. The number of amides is 3. The van der Waals surface area contributed by atoms with Crippen molar-refractivity contribution in [2.24, 2.45) is 0 Å². The van der Waals surface area contributed by atoms with Crippen LogP contribution in [0, 0.1) is 0 Å². The molecule has 3 N–H and O–H groups in total. The second-order valence-corrected chi connectivity index (χ2v) is 12.5. The van der Waals surface area contributed by atoms with E-state index in [0.29, 0.717) is 41.3 Å². The molecule has 4 bridgehead atoms. The van der Waals surface area contributed by atoms with Crippen molar-refractivity contribution in [3.05, 3.63) is 48.5 Å². The fraction of sp³-hybridized carbons (Fsp3) is 0.469. The molecule has 3 aromatic rings. The molecule has 7 rings (SSSR count). The van der Waals surface area contributed by atoms with E-state index in [0.717, 1.165) is 57.4 Å². The van der Waals surface area contributed by atoms with E-state index in [9.17, 15) is 9.59 Å². The monoisotopic (exact) mass is 613 g/mol. The number of ether oxygens (including phenoxy) is 2. The molecule has 4 saturated heterocycles. The smallest absolute Gasteiger partial charge is 0.323 e. The number of aromatic nitrogens is 3. The van der Waals surface area contributed by atoms with E-state index in [2.05, 4.69) is 25.8 Å². The molecule has 4 unspecified atom stereocenters. The van der Waals surface area contributed by atoms with Crippen molar-refractivity contribution in [1.82, 2.24) is 19.9 Å². The van der Waals surface area contributed by atoms with E-state index < -0.39 is 0 Å². The van der Waals surface area contributed by atoms with Gasteiger partial charge in [0.05, 0.1) is 31.0 Å². The van der Waals surface area contributed by atoms with E-state index >= 15 is 0 Å². The molecule has 3 amide bonds. The van der Waals surface area contributed by atoms with Crippen LogP contribution in [0.5, 0.6) is 0 Å². The Hall–Kier alpha value is -4.33. The number of hydrogen-bond acceptors (Lipinski definition) is 10. The summed E-state index contributed by atoms with van der Waals surface area (Å²) in [4.78, 5) is 45.8. The lowest BCUT2D eigenvalue weighted by molar-refractivity contribution is -0.116. The summed E-state index contributed by atoms with van der Waals surface area (Å²) in [5.74, 6) is 1.85. The maximum Gasteiger partial charge on any atom is 0.323 e. The van der Waals surface area contributed by atoms with Gasteiger partial charge in [-0.15, -0.1) is 0 Å². The van der Waals surface area contributed by atoms with Gasteiger partial charge in [0.1, 0.15) is 0 Å². The number of carbonyl (C=O) groups is 2. The lowest BCUT2D eigenvalue weighted by atomic mass is 10.2. The summed E-state index contributed by atoms with van der Waals surface area (Å²) in [5, 5.41) is 8.53. The van der Waals surface area contributed by atoms with Crippen molar-refractivity contribution >= 4 is 40.9 Å². The average Bonchev–Trinajstić information content (AvgIpc) is 3.55. The molecule has 0 aliphatic carbocycles. The standard InChI is InChI=1S/C32H39N9O4/c1-39(2)19-28(42)33-21-7-9-23(10-8-21)35-32(43)34-22-5-3-20(4-6-22)29-36-30(40-15-24-11-12-25(16-40)44-24)38-31(37-29)41-17-26-13-14-27(18-41)45-26/h3-10,24-27H,11-19H2,1-2H3,(H,33,42)(H2,34,35,43). The Labute approximate surface area is 262 Å². The van der Waals surface area contributed by atoms with Gasteiger partial charge in [0.25, 0.3) is 0 Å². The first-order valence-corrected chi connectivity index (χ1v) is 15.6. The summed E-state index contributed by atoms with van der Waals surface area (Å²) in [6.45, 7) is 3.40. The summed E-state index contributed by atoms with van der Waals surface area (Å²) in [7, 11) is 3.67. The van der Waals surface area contributed by atoms with Crippen LogP contribution >= 0.6 is 0 Å². The number of carbonyl (C=O) groups excluding carboxylic acids is 2. The van der Waals surface area contributed by atoms with Crippen molar-refractivity contribution in [3.63, 3.8) is 0 Å². The molecule has 0 saturated carbocycles. The van der Waals surface area contributed by atoms with Crippen molar-refractivity contribution in [1.29, 1.82) is 0 Å². The number of rotatable bonds is 8. The third kappa shape index (κ3) is 7.00. The van der Waals surface area contributed by atoms with Crippen molar-refractivity contribution in [2.45, 2.75) is 50.1 Å². The lowest BCUT2D eigenvalue weighted by Gasteiger charge is -2.34. The maximum absolute atomic E-state index is 12.7. The van der Waals surface area contributed by atoms with E-state index in [-0.39, 0.29) is 36.4 Å². The molecule has 0 radical (unpaired) electrons. The summed E-state index contributed by atoms with van der Waals surface area (Å²) >= 11 is 0. The van der Waals surface area contributed by atoms with E-state index in [1.807, 2.05) is 38.4 Å². The van der Waals surface area contributed by atoms with Gasteiger partial charge in [-0.2, -0.15) is 15.0 Å². The number of likely N-dealkylation sites (N-methyl/N-ethyl adjacent to an activating group) is 1. The van der Waals surface area contributed by atoms with Gasteiger partial charge in [0.2, 0.25) is 17.8 Å². The number of nitrogens with one attached hydrogen (secondary N) is 3. The number of urea groups is 1. The van der Waals surface area contributed by atoms with Crippen LogP contribution in [0.1, 0.15) is 25.7 Å². The Morgan fingerprint density at radius 3 is 1.56 bits per heavy atom. The quantitative estimate of drug-likeness (QED) is 0.347. The highest BCUT2D eigenvalue weighted by Crippen LogP contribution is 2.32. The minimum absolute atomic E-state index is 0.104. The molecule has 5 heterocycles. The number of hydrogen-bond donors (Lipinski definition) is 3. The van der Waals surface area contributed by atoms with Crippen LogP contribution in [-0.2, 0) is 14.3 Å². The topological polar surface area (TPSA) is 137 Å². The van der Waals surface area contributed by atoms with Crippen LogP contribution in [0.25, 0.3) is 11.4 Å². The molecule has 2 aromatic carbocycles. The molecule has 1 aromatic heterocycles. The van der Waals surface area contributed by atoms with E-state index in [1.54, 1.807) is 29.2 Å². The van der Waals surface area contributed by atoms with Crippen LogP contribution in [0.2, 0.25) is 0 Å². The minimum Gasteiger partial charge on any atom is -0.371 e. The second kappa shape index (κ2) is 12.6. The number of morpholine rings is 2. The van der Waals surface area contributed by atoms with Crippen LogP contribution in [0.15, 0.2) is 48.5 Å². The summed E-state index contributed by atoms with van der Waals surface area (Å²) < 4.78 is 12.1. The van der Waals surface area contributed by atoms with E-state index in [1.165, 1.54) is 0 Å². The van der Waals surface area contributed by atoms with Gasteiger partial charge in [-0.3, -0.25) is 4.79 Å². The lowest BCUT2D eigenvalue weighted by Crippen LogP contribution is -2.45. The summed E-state index contributed by atoms with van der Waals surface area (Å²) in [6, 6.07) is 14.1. The molecular formula is C32H39N9O4. The average molecular weight is 614 g/mol. The summed E-state index contributed by atoms with van der Waals surface area (Å²) in [6.07, 6.45) is 5.15. The van der Waals surface area contributed by atoms with Crippen LogP contribution in [0.4, 0.5) is 33.8 Å². The first-order valence-electron chi connectivity index (χ1n) is 15.6. The Morgan fingerprint density at radius 1 is 0.689 bits per heavy atom. The Kier molecular flexibility index (Phi) is 8.21. The maximum atomic E-state index is 12.7. The SMILES string of the molecule is CN(C)CC(=O)Nc1ccc(NC(=O)Nc2ccc(-c3nc(N4CC5CCC(C4)O5)nc(N4CC5CCC(C4)O5)n3)cc2)cc1. The zero-order valence-corrected chi connectivity index (χ0v) is 25.6. The molecule has 45 heavy (non-hydrogen) atoms. The Bertz CT molecular complexity index is 1460. The highest BCUT2D eigenvalue weighted by molar-refractivity contribution is 6.00. The van der Waals surface area contributed by atoms with Crippen LogP contribution < -0.4 is 25.8 Å². The Balaban J connectivity index is 1.04. The predicted molar refractivity (Wildman–Crippen MR) is 172 cm³/mol. The van der Waals surface area contributed by atoms with Gasteiger partial charge in [-0.1, -0.05) is 0 Å². The molecule has 4 aliphatic heterocycles. The first-order chi connectivity index (χ1) is 21.8. The molecular weight excluding hydrogens is 574 g/mol. The van der Waals surface area contributed by atoms with Gasteiger partial charge in [0.15, 0.2) is 5.82 Å². The second-order valence-electron chi connectivity index (χ2n) is 12.5. The number of fused-ring (bicyclic) bond motifs is 4. The molecule has 13 heteroatoms. The molecule has 236 valence electrons. The molecule has 13 nitrogen and oxygen atoms in total. The fourth-order valence-electron chi connectivity index (χ4n) is 6.44. The normalized spacial score (nSPS) is 23.7. The summed E-state index contributed by atoms with van der Waals surface area (Å²) in [5.41, 5.74) is 2.74. The Morgan fingerprint density at radius 2 is 1.11 bits per heavy atom. The zero-order chi connectivity index (χ0) is 30.9. The zero-order valence-electron chi connectivity index (χ0n) is 25.6. The third-order valence-electron chi connectivity index (χ3n) is 8.55. The van der Waals surface area contributed by atoms with E-state index in [4.69, 9.17) is 24.4 Å². The van der Waals surface area contributed by atoms with Crippen molar-refractivity contribution in [3.8, 4) is 11.4 Å². The van der Waals surface area contributed by atoms with Gasteiger partial charge in [0, 0.05) is 48.8 Å². The van der Waals surface area contributed by atoms with Crippen LogP contribution in [-0.4, -0.2) is 103 Å². The van der Waals surface area contributed by atoms with Crippen molar-refractivity contribution in [2.75, 3.05) is 72.6 Å². The largest absolute Gasteiger partial charge is 0.371 e. The van der Waals surface area contributed by atoms with Gasteiger partial charge >= 0.3 is 6.03 Å². The number of benzene rings is 2. The minimum atomic E-state index is -0.374. The molecule has 0 spiro atoms. The van der Waals surface area contributed by atoms with Gasteiger partial charge in [-0.05, 0) is 88.3 Å². The number of anilines is 5. The van der Waals surface area contributed by atoms with Gasteiger partial charge < -0.3 is 40.1 Å². The first kappa shape index (κ1) is 29.4. The third-order valence-corrected chi connectivity index (χ3v) is 8.55. The molecule has 4 fully saturated rings. The number of nitrogens with zero attached hydrogens (tertiary/aromatic N) is 6.